The maximum atomic E-state index is 12.8. The maximum Gasteiger partial charge on any atom is 0.252 e. The van der Waals surface area contributed by atoms with Crippen LogP contribution in [0.5, 0.6) is 5.75 Å². The molecule has 0 atom stereocenters. The van der Waals surface area contributed by atoms with Gasteiger partial charge in [-0.2, -0.15) is 0 Å². The molecule has 2 nitrogen and oxygen atoms in total. The second kappa shape index (κ2) is 3.70. The third-order valence-electron chi connectivity index (χ3n) is 2.89. The first-order valence-corrected chi connectivity index (χ1v) is 5.35. The van der Waals surface area contributed by atoms with Crippen LogP contribution in [0, 0.1) is 0 Å². The fourth-order valence-electron chi connectivity index (χ4n) is 2.13. The maximum absolute atomic E-state index is 12.8. The van der Waals surface area contributed by atoms with Gasteiger partial charge in [-0.1, -0.05) is 12.1 Å². The summed E-state index contributed by atoms with van der Waals surface area (Å²) in [4.78, 5) is 0. The van der Waals surface area contributed by atoms with Crippen LogP contribution in [0.1, 0.15) is 25.3 Å². The van der Waals surface area contributed by atoms with Crippen molar-refractivity contribution in [1.82, 2.24) is 0 Å². The van der Waals surface area contributed by atoms with Gasteiger partial charge in [0.1, 0.15) is 5.75 Å². The third kappa shape index (κ3) is 2.02. The zero-order valence-electron chi connectivity index (χ0n) is 9.17. The van der Waals surface area contributed by atoms with Gasteiger partial charge in [0.2, 0.25) is 0 Å². The summed E-state index contributed by atoms with van der Waals surface area (Å²) in [5.41, 5.74) is 5.79. The predicted octanol–water partition coefficient (Wildman–Crippen LogP) is 2.67. The second-order valence-electron chi connectivity index (χ2n) is 4.32. The smallest absolute Gasteiger partial charge is 0.252 e. The number of nitrogens with two attached hydrogens (primary N) is 1. The first kappa shape index (κ1) is 11.3. The minimum absolute atomic E-state index is 0.270. The number of hydrogen-bond donors (Lipinski definition) is 1. The highest BCUT2D eigenvalue weighted by Gasteiger charge is 2.55. The Balaban J connectivity index is 2.11. The molecule has 4 heteroatoms. The van der Waals surface area contributed by atoms with Crippen LogP contribution in [-0.4, -0.2) is 12.5 Å². The molecule has 16 heavy (non-hydrogen) atoms. The van der Waals surface area contributed by atoms with Crippen LogP contribution < -0.4 is 10.5 Å². The molecule has 0 spiro atoms. The van der Waals surface area contributed by atoms with E-state index in [1.54, 1.807) is 24.3 Å². The highest BCUT2D eigenvalue weighted by Crippen LogP contribution is 2.49. The summed E-state index contributed by atoms with van der Waals surface area (Å²) in [7, 11) is 0. The van der Waals surface area contributed by atoms with Gasteiger partial charge in [0.05, 0.1) is 12.1 Å². The summed E-state index contributed by atoms with van der Waals surface area (Å²) in [6, 6.07) is 7.06. The molecule has 0 aromatic heterocycles. The van der Waals surface area contributed by atoms with E-state index in [-0.39, 0.29) is 12.8 Å². The monoisotopic (exact) mass is 227 g/mol. The summed E-state index contributed by atoms with van der Waals surface area (Å²) in [6.45, 7) is 2.48. The summed E-state index contributed by atoms with van der Waals surface area (Å²) in [5.74, 6) is -1.87. The van der Waals surface area contributed by atoms with Crippen LogP contribution >= 0.6 is 0 Å². The molecule has 0 heterocycles. The van der Waals surface area contributed by atoms with Crippen molar-refractivity contribution in [3.05, 3.63) is 29.8 Å². The van der Waals surface area contributed by atoms with Gasteiger partial charge in [-0.25, -0.2) is 8.78 Å². The molecule has 2 N–H and O–H groups in total. The Morgan fingerprint density at radius 2 is 1.81 bits per heavy atom. The van der Waals surface area contributed by atoms with Gasteiger partial charge < -0.3 is 10.5 Å². The average molecular weight is 227 g/mol. The van der Waals surface area contributed by atoms with E-state index >= 15 is 0 Å². The molecule has 1 fully saturated rings. The molecule has 1 saturated carbocycles. The molecule has 1 aromatic carbocycles. The Morgan fingerprint density at radius 3 is 2.25 bits per heavy atom. The molecule has 1 aliphatic rings. The van der Waals surface area contributed by atoms with E-state index in [2.05, 4.69) is 0 Å². The zero-order chi connectivity index (χ0) is 11.8. The van der Waals surface area contributed by atoms with Crippen molar-refractivity contribution in [2.45, 2.75) is 31.2 Å². The summed E-state index contributed by atoms with van der Waals surface area (Å²) >= 11 is 0. The lowest BCUT2D eigenvalue weighted by atomic mass is 9.70. The van der Waals surface area contributed by atoms with Crippen molar-refractivity contribution in [3.63, 3.8) is 0 Å². The minimum atomic E-state index is -2.60. The molecule has 88 valence electrons. The van der Waals surface area contributed by atoms with Crippen LogP contribution in [-0.2, 0) is 5.54 Å². The minimum Gasteiger partial charge on any atom is -0.494 e. The molecular weight excluding hydrogens is 212 g/mol. The molecule has 0 unspecified atom stereocenters. The Morgan fingerprint density at radius 1 is 1.25 bits per heavy atom. The molecule has 0 bridgehead atoms. The molecule has 1 aliphatic carbocycles. The van der Waals surface area contributed by atoms with Crippen LogP contribution in [0.25, 0.3) is 0 Å². The molecule has 2 rings (SSSR count). The third-order valence-corrected chi connectivity index (χ3v) is 2.89. The van der Waals surface area contributed by atoms with Crippen LogP contribution in [0.15, 0.2) is 24.3 Å². The van der Waals surface area contributed by atoms with Gasteiger partial charge in [0, 0.05) is 12.8 Å². The van der Waals surface area contributed by atoms with Crippen LogP contribution in [0.3, 0.4) is 0 Å². The van der Waals surface area contributed by atoms with Crippen molar-refractivity contribution in [3.8, 4) is 5.75 Å². The van der Waals surface area contributed by atoms with Gasteiger partial charge in [0.25, 0.3) is 5.92 Å². The van der Waals surface area contributed by atoms with Crippen molar-refractivity contribution >= 4 is 0 Å². The van der Waals surface area contributed by atoms with Gasteiger partial charge in [-0.3, -0.25) is 0 Å². The van der Waals surface area contributed by atoms with E-state index in [4.69, 9.17) is 10.5 Å². The number of ether oxygens (including phenoxy) is 1. The number of benzene rings is 1. The fraction of sp³-hybridized carbons (Fsp3) is 0.500. The van der Waals surface area contributed by atoms with Crippen molar-refractivity contribution in [2.75, 3.05) is 6.61 Å². The fourth-order valence-corrected chi connectivity index (χ4v) is 2.13. The Labute approximate surface area is 93.4 Å². The van der Waals surface area contributed by atoms with E-state index in [1.807, 2.05) is 6.92 Å². The SMILES string of the molecule is CCOc1ccc(C2(N)CC(F)(F)C2)cc1. The first-order valence-electron chi connectivity index (χ1n) is 5.35. The van der Waals surface area contributed by atoms with E-state index in [1.165, 1.54) is 0 Å². The first-order chi connectivity index (χ1) is 7.45. The Bertz CT molecular complexity index is 367. The highest BCUT2D eigenvalue weighted by atomic mass is 19.3. The number of hydrogen-bond acceptors (Lipinski definition) is 2. The van der Waals surface area contributed by atoms with E-state index in [0.717, 1.165) is 11.3 Å². The topological polar surface area (TPSA) is 35.2 Å². The van der Waals surface area contributed by atoms with Crippen LogP contribution in [0.2, 0.25) is 0 Å². The van der Waals surface area contributed by atoms with E-state index < -0.39 is 11.5 Å². The van der Waals surface area contributed by atoms with Crippen molar-refractivity contribution in [1.29, 1.82) is 0 Å². The van der Waals surface area contributed by atoms with Gasteiger partial charge >= 0.3 is 0 Å². The number of rotatable bonds is 3. The normalized spacial score (nSPS) is 21.2. The molecule has 0 saturated heterocycles. The zero-order valence-corrected chi connectivity index (χ0v) is 9.17. The lowest BCUT2D eigenvalue weighted by Crippen LogP contribution is -2.55. The molecular formula is C12H15F2NO. The predicted molar refractivity (Wildman–Crippen MR) is 57.7 cm³/mol. The quantitative estimate of drug-likeness (QED) is 0.861. The summed E-state index contributed by atoms with van der Waals surface area (Å²) in [5, 5.41) is 0. The van der Waals surface area contributed by atoms with Gasteiger partial charge in [-0.15, -0.1) is 0 Å². The molecule has 1 aromatic rings. The Hall–Kier alpha value is -1.16. The van der Waals surface area contributed by atoms with E-state index in [0.29, 0.717) is 6.61 Å². The standard InChI is InChI=1S/C12H15F2NO/c1-2-16-10-5-3-9(4-6-10)11(15)7-12(13,14)8-11/h3-6H,2,7-8,15H2,1H3. The average Bonchev–Trinajstić information content (AvgIpc) is 2.16. The Kier molecular flexibility index (Phi) is 2.62. The molecule has 0 amide bonds. The second-order valence-corrected chi connectivity index (χ2v) is 4.32. The highest BCUT2D eigenvalue weighted by molar-refractivity contribution is 5.34. The molecule has 0 radical (unpaired) electrons. The number of halogens is 2. The van der Waals surface area contributed by atoms with Crippen LogP contribution in [0.4, 0.5) is 8.78 Å². The largest absolute Gasteiger partial charge is 0.494 e. The lowest BCUT2D eigenvalue weighted by molar-refractivity contribution is -0.125. The van der Waals surface area contributed by atoms with Gasteiger partial charge in [0.15, 0.2) is 0 Å². The lowest BCUT2D eigenvalue weighted by Gasteiger charge is -2.44. The van der Waals surface area contributed by atoms with E-state index in [9.17, 15) is 8.78 Å². The number of alkyl halides is 2. The van der Waals surface area contributed by atoms with Gasteiger partial charge in [-0.05, 0) is 24.6 Å². The summed E-state index contributed by atoms with van der Waals surface area (Å²) < 4.78 is 30.9. The van der Waals surface area contributed by atoms with Crippen molar-refractivity contribution < 1.29 is 13.5 Å². The summed E-state index contributed by atoms with van der Waals surface area (Å²) in [6.07, 6.45) is -0.540. The van der Waals surface area contributed by atoms with Crippen molar-refractivity contribution in [2.24, 2.45) is 5.73 Å². The molecule has 0 aliphatic heterocycles.